The van der Waals surface area contributed by atoms with E-state index in [-0.39, 0.29) is 17.8 Å². The molecule has 1 aromatic carbocycles. The summed E-state index contributed by atoms with van der Waals surface area (Å²) in [6.45, 7) is 16.6. The number of ether oxygens (including phenoxy) is 2. The maximum atomic E-state index is 12.4. The van der Waals surface area contributed by atoms with Crippen molar-refractivity contribution in [1.82, 2.24) is 9.80 Å². The number of nitrogens with zero attached hydrogens (tertiary/aromatic N) is 2. The molecule has 0 saturated carbocycles. The van der Waals surface area contributed by atoms with E-state index in [2.05, 4.69) is 37.8 Å². The van der Waals surface area contributed by atoms with Gasteiger partial charge in [0, 0.05) is 6.04 Å². The fourth-order valence-electron chi connectivity index (χ4n) is 6.72. The third-order valence-corrected chi connectivity index (χ3v) is 8.89. The topological polar surface area (TPSA) is 62.2 Å². The Morgan fingerprint density at radius 3 is 2.44 bits per heavy atom. The second kappa shape index (κ2) is 9.45. The van der Waals surface area contributed by atoms with E-state index in [1.165, 1.54) is 33.4 Å². The minimum Gasteiger partial charge on any atom is -0.444 e. The summed E-state index contributed by atoms with van der Waals surface area (Å²) in [6.07, 6.45) is 6.64. The van der Waals surface area contributed by atoms with Crippen LogP contribution in [0, 0.1) is 20.8 Å². The van der Waals surface area contributed by atoms with Gasteiger partial charge in [-0.3, -0.25) is 4.90 Å². The number of amides is 1. The van der Waals surface area contributed by atoms with E-state index in [1.54, 1.807) is 4.90 Å². The van der Waals surface area contributed by atoms with Crippen LogP contribution in [-0.4, -0.2) is 77.1 Å². The minimum atomic E-state index is -0.467. The summed E-state index contributed by atoms with van der Waals surface area (Å²) < 4.78 is 11.8. The van der Waals surface area contributed by atoms with Gasteiger partial charge in [-0.15, -0.1) is 0 Å². The Hall–Kier alpha value is -1.89. The number of rotatable bonds is 3. The fourth-order valence-corrected chi connectivity index (χ4v) is 6.72. The monoisotopic (exact) mass is 496 g/mol. The number of piperidine rings is 1. The first-order valence-corrected chi connectivity index (χ1v) is 13.8. The van der Waals surface area contributed by atoms with Gasteiger partial charge in [-0.25, -0.2) is 4.79 Å². The Bertz CT molecular complexity index is 1040. The molecule has 0 aromatic heterocycles. The van der Waals surface area contributed by atoms with Gasteiger partial charge in [0.25, 0.3) is 0 Å². The van der Waals surface area contributed by atoms with Crippen LogP contribution in [0.2, 0.25) is 0 Å². The summed E-state index contributed by atoms with van der Waals surface area (Å²) in [5, 5.41) is 10.2. The van der Waals surface area contributed by atoms with E-state index >= 15 is 0 Å². The molecule has 0 bridgehead atoms. The Labute approximate surface area is 216 Å². The van der Waals surface area contributed by atoms with Crippen molar-refractivity contribution in [2.75, 3.05) is 32.8 Å². The molecule has 1 spiro atoms. The molecule has 3 saturated heterocycles. The lowest BCUT2D eigenvalue weighted by atomic mass is 9.79. The molecule has 1 unspecified atom stereocenters. The van der Waals surface area contributed by atoms with Crippen LogP contribution in [-0.2, 0) is 9.47 Å². The van der Waals surface area contributed by atoms with Crippen molar-refractivity contribution >= 4 is 11.7 Å². The van der Waals surface area contributed by atoms with Gasteiger partial charge in [-0.2, -0.15) is 0 Å². The maximum Gasteiger partial charge on any atom is 0.410 e. The third-order valence-electron chi connectivity index (χ3n) is 8.89. The number of aliphatic hydroxyl groups excluding tert-OH is 1. The first-order chi connectivity index (χ1) is 16.9. The van der Waals surface area contributed by atoms with E-state index in [1.807, 2.05) is 20.8 Å². The van der Waals surface area contributed by atoms with Gasteiger partial charge >= 0.3 is 6.09 Å². The fraction of sp³-hybridized carbons (Fsp3) is 0.700. The maximum absolute atomic E-state index is 12.4. The Balaban J connectivity index is 1.21. The average molecular weight is 497 g/mol. The summed E-state index contributed by atoms with van der Waals surface area (Å²) >= 11 is 0. The minimum absolute atomic E-state index is 0.188. The number of carbonyl (C=O) groups is 1. The van der Waals surface area contributed by atoms with Crippen LogP contribution in [0.3, 0.4) is 0 Å². The van der Waals surface area contributed by atoms with Crippen molar-refractivity contribution in [2.45, 2.75) is 103 Å². The number of carbonyl (C=O) groups excluding carboxylic acids is 1. The molecule has 0 radical (unpaired) electrons. The second-order valence-electron chi connectivity index (χ2n) is 12.7. The van der Waals surface area contributed by atoms with Crippen molar-refractivity contribution in [3.05, 3.63) is 40.0 Å². The Morgan fingerprint density at radius 2 is 1.83 bits per heavy atom. The standard InChI is InChI=1S/C30H44N2O4/c1-19-13-26(27(21(3)20(19)2)23-7-8-25(33)14-23)22-9-11-31(12-10-22)24-15-30(35-16-24)17-32(18-30)28(34)36-29(4,5)6/h7,13,22,24-25,33H,8-12,14-18H2,1-6H3/t24-,25?/m0/s1. The number of hydrogen-bond donors (Lipinski definition) is 1. The Kier molecular flexibility index (Phi) is 6.76. The van der Waals surface area contributed by atoms with E-state index in [0.717, 1.165) is 51.8 Å². The molecule has 2 atom stereocenters. The lowest BCUT2D eigenvalue weighted by Gasteiger charge is -2.47. The lowest BCUT2D eigenvalue weighted by Crippen LogP contribution is -2.64. The molecule has 4 aliphatic rings. The van der Waals surface area contributed by atoms with Gasteiger partial charge in [0.1, 0.15) is 11.2 Å². The molecule has 1 aliphatic carbocycles. The highest BCUT2D eigenvalue weighted by molar-refractivity contribution is 5.75. The van der Waals surface area contributed by atoms with E-state index < -0.39 is 5.60 Å². The van der Waals surface area contributed by atoms with Gasteiger partial charge in [0.2, 0.25) is 0 Å². The molecule has 1 N–H and O–H groups in total. The quantitative estimate of drug-likeness (QED) is 0.630. The molecular formula is C30H44N2O4. The Morgan fingerprint density at radius 1 is 1.14 bits per heavy atom. The molecule has 6 heteroatoms. The van der Waals surface area contributed by atoms with Crippen molar-refractivity contribution in [1.29, 1.82) is 0 Å². The second-order valence-corrected chi connectivity index (χ2v) is 12.7. The highest BCUT2D eigenvalue weighted by Crippen LogP contribution is 2.43. The van der Waals surface area contributed by atoms with Crippen molar-refractivity contribution in [2.24, 2.45) is 0 Å². The molecular weight excluding hydrogens is 452 g/mol. The lowest BCUT2D eigenvalue weighted by molar-refractivity contribution is -0.109. The smallest absolute Gasteiger partial charge is 0.410 e. The highest BCUT2D eigenvalue weighted by Gasteiger charge is 2.53. The van der Waals surface area contributed by atoms with Crippen LogP contribution >= 0.6 is 0 Å². The first-order valence-electron chi connectivity index (χ1n) is 13.8. The van der Waals surface area contributed by atoms with Gasteiger partial charge < -0.3 is 19.5 Å². The van der Waals surface area contributed by atoms with E-state index in [0.29, 0.717) is 25.0 Å². The molecule has 3 heterocycles. The van der Waals surface area contributed by atoms with Gasteiger partial charge in [0.15, 0.2) is 0 Å². The largest absolute Gasteiger partial charge is 0.444 e. The number of aryl methyl sites for hydroxylation is 1. The summed E-state index contributed by atoms with van der Waals surface area (Å²) in [4.78, 5) is 16.8. The molecule has 198 valence electrons. The first kappa shape index (κ1) is 25.7. The predicted octanol–water partition coefficient (Wildman–Crippen LogP) is 5.11. The van der Waals surface area contributed by atoms with Gasteiger partial charge in [0.05, 0.1) is 25.8 Å². The third kappa shape index (κ3) is 4.97. The molecule has 6 nitrogen and oxygen atoms in total. The summed E-state index contributed by atoms with van der Waals surface area (Å²) in [7, 11) is 0. The average Bonchev–Trinajstić information content (AvgIpc) is 3.42. The number of likely N-dealkylation sites (tertiary alicyclic amines) is 2. The zero-order chi connectivity index (χ0) is 25.8. The number of hydrogen-bond acceptors (Lipinski definition) is 5. The van der Waals surface area contributed by atoms with Crippen LogP contribution in [0.15, 0.2) is 12.1 Å². The molecule has 1 aromatic rings. The molecule has 1 amide bonds. The predicted molar refractivity (Wildman–Crippen MR) is 142 cm³/mol. The highest BCUT2D eigenvalue weighted by atomic mass is 16.6. The molecule has 3 fully saturated rings. The molecule has 3 aliphatic heterocycles. The number of benzene rings is 1. The van der Waals surface area contributed by atoms with Crippen LogP contribution in [0.5, 0.6) is 0 Å². The van der Waals surface area contributed by atoms with Crippen LogP contribution in [0.1, 0.15) is 86.6 Å². The zero-order valence-corrected chi connectivity index (χ0v) is 23.0. The van der Waals surface area contributed by atoms with Crippen molar-refractivity contribution < 1.29 is 19.4 Å². The van der Waals surface area contributed by atoms with E-state index in [4.69, 9.17) is 9.47 Å². The van der Waals surface area contributed by atoms with E-state index in [9.17, 15) is 9.90 Å². The van der Waals surface area contributed by atoms with Crippen LogP contribution < -0.4 is 0 Å². The van der Waals surface area contributed by atoms with Crippen LogP contribution in [0.25, 0.3) is 5.57 Å². The zero-order valence-electron chi connectivity index (χ0n) is 23.0. The SMILES string of the molecule is Cc1cc(C2CCN([C@@H]3COC4(C3)CN(C(=O)OC(C)(C)C)C4)CC2)c(C2=CCC(O)C2)c(C)c1C. The molecule has 36 heavy (non-hydrogen) atoms. The summed E-state index contributed by atoms with van der Waals surface area (Å²) in [5.41, 5.74) is 7.72. The summed E-state index contributed by atoms with van der Waals surface area (Å²) in [5.74, 6) is 0.551. The normalized spacial score (nSPS) is 26.9. The van der Waals surface area contributed by atoms with Gasteiger partial charge in [-0.05, 0) is 126 Å². The molecule has 5 rings (SSSR count). The number of aliphatic hydroxyl groups is 1. The van der Waals surface area contributed by atoms with Crippen molar-refractivity contribution in [3.63, 3.8) is 0 Å². The summed E-state index contributed by atoms with van der Waals surface area (Å²) in [6, 6.07) is 2.86. The van der Waals surface area contributed by atoms with Crippen molar-refractivity contribution in [3.8, 4) is 0 Å². The van der Waals surface area contributed by atoms with Gasteiger partial charge in [-0.1, -0.05) is 12.1 Å². The van der Waals surface area contributed by atoms with Crippen LogP contribution in [0.4, 0.5) is 4.79 Å².